The van der Waals surface area contributed by atoms with E-state index in [2.05, 4.69) is 5.32 Å². The summed E-state index contributed by atoms with van der Waals surface area (Å²) in [5.41, 5.74) is 0.170. The Kier molecular flexibility index (Phi) is 7.98. The Morgan fingerprint density at radius 1 is 1.00 bits per heavy atom. The Bertz CT molecular complexity index is 1100. The normalized spacial score (nSPS) is 11.9. The molecule has 0 saturated carbocycles. The van der Waals surface area contributed by atoms with Crippen molar-refractivity contribution < 1.29 is 30.8 Å². The van der Waals surface area contributed by atoms with Crippen molar-refractivity contribution in [2.75, 3.05) is 44.4 Å². The fourth-order valence-electron chi connectivity index (χ4n) is 2.47. The van der Waals surface area contributed by atoms with Crippen molar-refractivity contribution in [2.45, 2.75) is 4.90 Å². The number of carbonyl (C=O) groups excluding carboxylic acids is 1. The molecule has 170 valence electrons. The summed E-state index contributed by atoms with van der Waals surface area (Å²) in [5, 5.41) is 2.54. The van der Waals surface area contributed by atoms with Gasteiger partial charge in [-0.3, -0.25) is 9.10 Å². The van der Waals surface area contributed by atoms with Crippen molar-refractivity contribution in [2.24, 2.45) is 0 Å². The number of benzene rings is 2. The summed E-state index contributed by atoms with van der Waals surface area (Å²) in [6.45, 7) is -0.292. The second kappa shape index (κ2) is 10.1. The molecule has 0 spiro atoms. The number of anilines is 1. The monoisotopic (exact) mass is 473 g/mol. The number of hydrogen-bond donors (Lipinski definition) is 1. The first-order valence-electron chi connectivity index (χ1n) is 9.06. The van der Waals surface area contributed by atoms with Crippen LogP contribution in [0.2, 0.25) is 0 Å². The Labute approximate surface area is 181 Å². The van der Waals surface area contributed by atoms with Gasteiger partial charge in [0.05, 0.1) is 23.4 Å². The van der Waals surface area contributed by atoms with Crippen molar-refractivity contribution in [3.05, 3.63) is 54.3 Å². The molecule has 0 unspecified atom stereocenters. The molecule has 0 atom stereocenters. The smallest absolute Gasteiger partial charge is 0.242 e. The molecule has 1 amide bonds. The van der Waals surface area contributed by atoms with Crippen molar-refractivity contribution in [3.63, 3.8) is 0 Å². The fourth-order valence-corrected chi connectivity index (χ4v) is 4.23. The molecule has 0 saturated heterocycles. The van der Waals surface area contributed by atoms with E-state index in [9.17, 15) is 26.0 Å². The molecular weight excluding hydrogens is 449 g/mol. The lowest BCUT2D eigenvalue weighted by molar-refractivity contribution is -0.119. The highest BCUT2D eigenvalue weighted by Gasteiger charge is 2.21. The van der Waals surface area contributed by atoms with Crippen LogP contribution in [0.4, 0.5) is 10.1 Å². The molecule has 31 heavy (non-hydrogen) atoms. The lowest BCUT2D eigenvalue weighted by atomic mass is 10.3. The molecule has 12 heteroatoms. The lowest BCUT2D eigenvalue weighted by Crippen LogP contribution is -2.41. The van der Waals surface area contributed by atoms with Crippen molar-refractivity contribution in [3.8, 4) is 5.75 Å². The average molecular weight is 474 g/mol. The maximum atomic E-state index is 13.1. The van der Waals surface area contributed by atoms with Gasteiger partial charge in [-0.25, -0.2) is 25.5 Å². The Morgan fingerprint density at radius 2 is 1.58 bits per heavy atom. The molecule has 0 aliphatic rings. The maximum absolute atomic E-state index is 13.1. The number of carbonyl (C=O) groups is 1. The van der Waals surface area contributed by atoms with Gasteiger partial charge in [0.15, 0.2) is 0 Å². The summed E-state index contributed by atoms with van der Waals surface area (Å²) >= 11 is 0. The first-order valence-corrected chi connectivity index (χ1v) is 12.4. The van der Waals surface area contributed by atoms with E-state index in [0.717, 1.165) is 27.0 Å². The number of nitrogens with one attached hydrogen (secondary N) is 1. The molecule has 0 heterocycles. The lowest BCUT2D eigenvalue weighted by Gasteiger charge is -2.21. The molecule has 0 radical (unpaired) electrons. The Morgan fingerprint density at radius 3 is 2.10 bits per heavy atom. The molecular formula is C19H24FN3O6S2. The molecule has 0 fully saturated rings. The number of sulfonamides is 2. The SMILES string of the molecule is CN(C)S(=O)(=O)c1ccc(OCCNC(=O)CN(c2ccc(F)cc2)S(C)(=O)=O)cc1. The molecule has 1 N–H and O–H groups in total. The summed E-state index contributed by atoms with van der Waals surface area (Å²) in [7, 11) is -4.42. The minimum atomic E-state index is -3.76. The second-order valence-electron chi connectivity index (χ2n) is 6.70. The van der Waals surface area contributed by atoms with Crippen LogP contribution in [0.25, 0.3) is 0 Å². The predicted molar refractivity (Wildman–Crippen MR) is 114 cm³/mol. The van der Waals surface area contributed by atoms with Gasteiger partial charge in [-0.15, -0.1) is 0 Å². The second-order valence-corrected chi connectivity index (χ2v) is 10.8. The van der Waals surface area contributed by atoms with Crippen LogP contribution in [0.15, 0.2) is 53.4 Å². The average Bonchev–Trinajstić information content (AvgIpc) is 2.69. The highest BCUT2D eigenvalue weighted by molar-refractivity contribution is 7.92. The Hall–Kier alpha value is -2.70. The molecule has 0 bridgehead atoms. The third-order valence-corrected chi connectivity index (χ3v) is 7.07. The van der Waals surface area contributed by atoms with E-state index >= 15 is 0 Å². The van der Waals surface area contributed by atoms with E-state index in [1.165, 1.54) is 50.5 Å². The van der Waals surface area contributed by atoms with E-state index in [1.54, 1.807) is 0 Å². The summed E-state index contributed by atoms with van der Waals surface area (Å²) in [6, 6.07) is 10.6. The minimum Gasteiger partial charge on any atom is -0.492 e. The van der Waals surface area contributed by atoms with Gasteiger partial charge in [-0.1, -0.05) is 0 Å². The third-order valence-electron chi connectivity index (χ3n) is 4.10. The van der Waals surface area contributed by atoms with Gasteiger partial charge < -0.3 is 10.1 Å². The first-order chi connectivity index (χ1) is 14.4. The number of amides is 1. The van der Waals surface area contributed by atoms with Gasteiger partial charge in [0.2, 0.25) is 26.0 Å². The zero-order valence-electron chi connectivity index (χ0n) is 17.3. The van der Waals surface area contributed by atoms with E-state index in [4.69, 9.17) is 4.74 Å². The zero-order valence-corrected chi connectivity index (χ0v) is 18.9. The van der Waals surface area contributed by atoms with E-state index in [0.29, 0.717) is 5.75 Å². The number of rotatable bonds is 10. The zero-order chi connectivity index (χ0) is 23.2. The largest absolute Gasteiger partial charge is 0.492 e. The van der Waals surface area contributed by atoms with Crippen molar-refractivity contribution in [1.29, 1.82) is 0 Å². The van der Waals surface area contributed by atoms with Crippen LogP contribution < -0.4 is 14.4 Å². The number of ether oxygens (including phenoxy) is 1. The summed E-state index contributed by atoms with van der Waals surface area (Å²) < 4.78 is 68.5. The van der Waals surface area contributed by atoms with Gasteiger partial charge >= 0.3 is 0 Å². The van der Waals surface area contributed by atoms with Crippen LogP contribution in [0.5, 0.6) is 5.75 Å². The van der Waals surface area contributed by atoms with Crippen LogP contribution in [0.3, 0.4) is 0 Å². The standard InChI is InChI=1S/C19H24FN3O6S2/c1-22(2)31(27,28)18-10-8-17(9-11-18)29-13-12-21-19(24)14-23(30(3,25)26)16-6-4-15(20)5-7-16/h4-11H,12-14H2,1-3H3,(H,21,24). The summed E-state index contributed by atoms with van der Waals surface area (Å²) in [5.74, 6) is -0.673. The highest BCUT2D eigenvalue weighted by atomic mass is 32.2. The van der Waals surface area contributed by atoms with Crippen LogP contribution in [0.1, 0.15) is 0 Å². The van der Waals surface area contributed by atoms with E-state index < -0.39 is 38.3 Å². The number of hydrogen-bond acceptors (Lipinski definition) is 6. The first kappa shape index (κ1) is 24.6. The van der Waals surface area contributed by atoms with E-state index in [1.807, 2.05) is 0 Å². The van der Waals surface area contributed by atoms with Crippen molar-refractivity contribution in [1.82, 2.24) is 9.62 Å². The molecule has 0 aliphatic heterocycles. The highest BCUT2D eigenvalue weighted by Crippen LogP contribution is 2.19. The van der Waals surface area contributed by atoms with Gasteiger partial charge in [0, 0.05) is 14.1 Å². The van der Waals surface area contributed by atoms with Gasteiger partial charge in [-0.2, -0.15) is 0 Å². The molecule has 2 aromatic rings. The number of halogens is 1. The van der Waals surface area contributed by atoms with E-state index in [-0.39, 0.29) is 23.7 Å². The van der Waals surface area contributed by atoms with Gasteiger partial charge in [0.25, 0.3) is 0 Å². The quantitative estimate of drug-likeness (QED) is 0.516. The predicted octanol–water partition coefficient (Wildman–Crippen LogP) is 1.04. The van der Waals surface area contributed by atoms with Gasteiger partial charge in [-0.05, 0) is 48.5 Å². The maximum Gasteiger partial charge on any atom is 0.242 e. The third kappa shape index (κ3) is 6.91. The molecule has 9 nitrogen and oxygen atoms in total. The summed E-state index contributed by atoms with van der Waals surface area (Å²) in [4.78, 5) is 12.3. The number of nitrogens with zero attached hydrogens (tertiary/aromatic N) is 2. The minimum absolute atomic E-state index is 0.0843. The fraction of sp³-hybridized carbons (Fsp3) is 0.316. The summed E-state index contributed by atoms with van der Waals surface area (Å²) in [6.07, 6.45) is 0.951. The van der Waals surface area contributed by atoms with Crippen LogP contribution in [0, 0.1) is 5.82 Å². The molecule has 0 aliphatic carbocycles. The Balaban J connectivity index is 1.88. The topological polar surface area (TPSA) is 113 Å². The van der Waals surface area contributed by atoms with Crippen LogP contribution in [-0.4, -0.2) is 67.1 Å². The van der Waals surface area contributed by atoms with Crippen LogP contribution in [-0.2, 0) is 24.8 Å². The van der Waals surface area contributed by atoms with Gasteiger partial charge in [0.1, 0.15) is 24.7 Å². The molecule has 2 rings (SSSR count). The molecule has 0 aromatic heterocycles. The van der Waals surface area contributed by atoms with Crippen molar-refractivity contribution >= 4 is 31.6 Å². The van der Waals surface area contributed by atoms with Crippen LogP contribution >= 0.6 is 0 Å². The molecule has 2 aromatic carbocycles.